The Hall–Kier alpha value is -2.34. The van der Waals surface area contributed by atoms with E-state index in [9.17, 15) is 4.79 Å². The molecule has 0 saturated carbocycles. The van der Waals surface area contributed by atoms with E-state index in [-0.39, 0.29) is 11.9 Å². The fraction of sp³-hybridized carbons (Fsp3) is 0.412. The highest BCUT2D eigenvalue weighted by molar-refractivity contribution is 5.92. The fourth-order valence-electron chi connectivity index (χ4n) is 3.24. The van der Waals surface area contributed by atoms with Crippen molar-refractivity contribution < 1.29 is 9.53 Å². The molecule has 120 valence electrons. The Morgan fingerprint density at radius 1 is 1.35 bits per heavy atom. The van der Waals surface area contributed by atoms with Crippen LogP contribution in [-0.4, -0.2) is 35.4 Å². The van der Waals surface area contributed by atoms with Crippen LogP contribution in [0.1, 0.15) is 41.0 Å². The van der Waals surface area contributed by atoms with Crippen LogP contribution in [0.5, 0.6) is 5.75 Å². The van der Waals surface area contributed by atoms with Crippen molar-refractivity contribution in [2.45, 2.75) is 24.9 Å². The Morgan fingerprint density at radius 3 is 3.13 bits per heavy atom. The van der Waals surface area contributed by atoms with Crippen molar-refractivity contribution in [1.29, 1.82) is 0 Å². The number of carbonyl (C=O) groups is 1. The quantitative estimate of drug-likeness (QED) is 0.905. The van der Waals surface area contributed by atoms with E-state index in [1.165, 1.54) is 0 Å². The van der Waals surface area contributed by atoms with E-state index in [0.717, 1.165) is 37.2 Å². The van der Waals surface area contributed by atoms with Crippen LogP contribution in [0.3, 0.4) is 0 Å². The average Bonchev–Trinajstić information content (AvgIpc) is 3.24. The lowest BCUT2D eigenvalue weighted by atomic mass is 10.1. The second-order valence-corrected chi connectivity index (χ2v) is 6.06. The van der Waals surface area contributed by atoms with E-state index in [1.54, 1.807) is 6.07 Å². The lowest BCUT2D eigenvalue weighted by Gasteiger charge is -2.22. The maximum Gasteiger partial charge on any atom is 0.272 e. The number of ether oxygens (including phenoxy) is 1. The van der Waals surface area contributed by atoms with Gasteiger partial charge in [0, 0.05) is 18.3 Å². The summed E-state index contributed by atoms with van der Waals surface area (Å²) in [4.78, 5) is 12.4. The molecule has 0 radical (unpaired) electrons. The molecule has 1 aromatic heterocycles. The Balaban J connectivity index is 1.45. The van der Waals surface area contributed by atoms with E-state index in [2.05, 4.69) is 15.7 Å². The minimum absolute atomic E-state index is 0.111. The standard InChI is InChI=1S/C17H20N4O2/c22-17(19-15-11-23-16-6-2-1-5-13(15)16)14-7-9-21(20-14)12-4-3-8-18-10-12/h1-2,5-7,9,12,15,18H,3-4,8,10-11H2,(H,19,22)/t12-,15-/m1/s1. The summed E-state index contributed by atoms with van der Waals surface area (Å²) in [5.74, 6) is 0.689. The van der Waals surface area contributed by atoms with Crippen LogP contribution in [0.25, 0.3) is 0 Å². The summed E-state index contributed by atoms with van der Waals surface area (Å²) in [6.45, 7) is 2.44. The molecule has 4 rings (SSSR count). The first-order chi connectivity index (χ1) is 11.3. The summed E-state index contributed by atoms with van der Waals surface area (Å²) in [7, 11) is 0. The van der Waals surface area contributed by atoms with Gasteiger partial charge in [-0.05, 0) is 31.5 Å². The van der Waals surface area contributed by atoms with E-state index < -0.39 is 0 Å². The zero-order valence-corrected chi connectivity index (χ0v) is 12.9. The summed E-state index contributed by atoms with van der Waals surface area (Å²) in [5, 5.41) is 10.8. The van der Waals surface area contributed by atoms with Gasteiger partial charge in [0.1, 0.15) is 18.1 Å². The number of aromatic nitrogens is 2. The molecule has 2 atom stereocenters. The number of nitrogens with zero attached hydrogens (tertiary/aromatic N) is 2. The van der Waals surface area contributed by atoms with Gasteiger partial charge in [-0.3, -0.25) is 9.48 Å². The summed E-state index contributed by atoms with van der Waals surface area (Å²) < 4.78 is 7.50. The molecule has 2 N–H and O–H groups in total. The highest BCUT2D eigenvalue weighted by atomic mass is 16.5. The van der Waals surface area contributed by atoms with Crippen LogP contribution in [0, 0.1) is 0 Å². The molecule has 0 spiro atoms. The molecular formula is C17H20N4O2. The third-order valence-corrected chi connectivity index (χ3v) is 4.49. The molecule has 3 heterocycles. The largest absolute Gasteiger partial charge is 0.491 e. The predicted molar refractivity (Wildman–Crippen MR) is 85.5 cm³/mol. The molecule has 2 aromatic rings. The summed E-state index contributed by atoms with van der Waals surface area (Å²) in [5.41, 5.74) is 1.48. The van der Waals surface area contributed by atoms with Gasteiger partial charge in [0.25, 0.3) is 5.91 Å². The third kappa shape index (κ3) is 2.82. The number of nitrogens with one attached hydrogen (secondary N) is 2. The maximum absolute atomic E-state index is 12.4. The van der Waals surface area contributed by atoms with E-state index >= 15 is 0 Å². The highest BCUT2D eigenvalue weighted by Gasteiger charge is 2.26. The van der Waals surface area contributed by atoms with Crippen molar-refractivity contribution >= 4 is 5.91 Å². The van der Waals surface area contributed by atoms with Crippen molar-refractivity contribution in [2.24, 2.45) is 0 Å². The third-order valence-electron chi connectivity index (χ3n) is 4.49. The molecule has 2 aliphatic heterocycles. The number of piperidine rings is 1. The molecule has 1 saturated heterocycles. The number of carbonyl (C=O) groups excluding carboxylic acids is 1. The Morgan fingerprint density at radius 2 is 2.26 bits per heavy atom. The molecule has 0 bridgehead atoms. The second-order valence-electron chi connectivity index (χ2n) is 6.06. The van der Waals surface area contributed by atoms with Gasteiger partial charge in [-0.2, -0.15) is 5.10 Å². The fourth-order valence-corrected chi connectivity index (χ4v) is 3.24. The van der Waals surface area contributed by atoms with Crippen molar-refractivity contribution in [3.63, 3.8) is 0 Å². The number of hydrogen-bond donors (Lipinski definition) is 2. The number of hydrogen-bond acceptors (Lipinski definition) is 4. The molecule has 0 aliphatic carbocycles. The molecule has 2 aliphatic rings. The van der Waals surface area contributed by atoms with Gasteiger partial charge in [0.05, 0.1) is 12.1 Å². The van der Waals surface area contributed by atoms with Crippen LogP contribution >= 0.6 is 0 Å². The topological polar surface area (TPSA) is 68.2 Å². The average molecular weight is 312 g/mol. The Kier molecular flexibility index (Phi) is 3.75. The number of amides is 1. The van der Waals surface area contributed by atoms with Crippen molar-refractivity contribution in [3.8, 4) is 5.75 Å². The van der Waals surface area contributed by atoms with E-state index in [1.807, 2.05) is 35.1 Å². The summed E-state index contributed by atoms with van der Waals surface area (Å²) in [6.07, 6.45) is 4.13. The molecule has 0 unspecified atom stereocenters. The predicted octanol–water partition coefficient (Wildman–Crippen LogP) is 1.67. The second kappa shape index (κ2) is 6.04. The SMILES string of the molecule is O=C(N[C@@H]1COc2ccccc21)c1ccn([C@@H]2CCCNC2)n1. The Bertz CT molecular complexity index is 706. The lowest BCUT2D eigenvalue weighted by Crippen LogP contribution is -2.32. The van der Waals surface area contributed by atoms with Gasteiger partial charge in [0.15, 0.2) is 0 Å². The van der Waals surface area contributed by atoms with Gasteiger partial charge in [0.2, 0.25) is 0 Å². The van der Waals surface area contributed by atoms with Crippen LogP contribution in [0.4, 0.5) is 0 Å². The van der Waals surface area contributed by atoms with Gasteiger partial charge >= 0.3 is 0 Å². The van der Waals surface area contributed by atoms with E-state index in [0.29, 0.717) is 18.3 Å². The lowest BCUT2D eigenvalue weighted by molar-refractivity contribution is 0.0924. The van der Waals surface area contributed by atoms with Gasteiger partial charge < -0.3 is 15.4 Å². The monoisotopic (exact) mass is 312 g/mol. The van der Waals surface area contributed by atoms with Gasteiger partial charge in [-0.1, -0.05) is 18.2 Å². The minimum Gasteiger partial charge on any atom is -0.491 e. The van der Waals surface area contributed by atoms with E-state index in [4.69, 9.17) is 4.74 Å². The van der Waals surface area contributed by atoms with Crippen LogP contribution in [0.2, 0.25) is 0 Å². The summed E-state index contributed by atoms with van der Waals surface area (Å²) in [6, 6.07) is 9.80. The van der Waals surface area contributed by atoms with Gasteiger partial charge in [-0.15, -0.1) is 0 Å². The summed E-state index contributed by atoms with van der Waals surface area (Å²) >= 11 is 0. The van der Waals surface area contributed by atoms with Crippen LogP contribution in [0.15, 0.2) is 36.5 Å². The van der Waals surface area contributed by atoms with Crippen molar-refractivity contribution in [3.05, 3.63) is 47.8 Å². The molecule has 23 heavy (non-hydrogen) atoms. The van der Waals surface area contributed by atoms with Crippen LogP contribution in [-0.2, 0) is 0 Å². The number of fused-ring (bicyclic) bond motifs is 1. The zero-order valence-electron chi connectivity index (χ0n) is 12.9. The van der Waals surface area contributed by atoms with Crippen LogP contribution < -0.4 is 15.4 Å². The number of rotatable bonds is 3. The molecular weight excluding hydrogens is 292 g/mol. The highest BCUT2D eigenvalue weighted by Crippen LogP contribution is 2.31. The first-order valence-corrected chi connectivity index (χ1v) is 8.10. The first kappa shape index (κ1) is 14.3. The molecule has 6 nitrogen and oxygen atoms in total. The minimum atomic E-state index is -0.155. The number of benzene rings is 1. The molecule has 1 aromatic carbocycles. The molecule has 6 heteroatoms. The zero-order chi connectivity index (χ0) is 15.6. The normalized spacial score (nSPS) is 23.1. The van der Waals surface area contributed by atoms with Gasteiger partial charge in [-0.25, -0.2) is 0 Å². The van der Waals surface area contributed by atoms with Crippen molar-refractivity contribution in [1.82, 2.24) is 20.4 Å². The number of para-hydroxylation sites is 1. The van der Waals surface area contributed by atoms with Crippen molar-refractivity contribution in [2.75, 3.05) is 19.7 Å². The maximum atomic E-state index is 12.4. The smallest absolute Gasteiger partial charge is 0.272 e. The first-order valence-electron chi connectivity index (χ1n) is 8.10. The molecule has 1 amide bonds. The Labute approximate surface area is 134 Å². The molecule has 1 fully saturated rings.